The van der Waals surface area contributed by atoms with E-state index in [-0.39, 0.29) is 36.6 Å². The number of rotatable bonds is 12. The second kappa shape index (κ2) is 18.1. The number of Topliss-reactive ketones (excluding diaryl/α,β-unsaturated/α-hetero) is 2. The van der Waals surface area contributed by atoms with Crippen molar-refractivity contribution >= 4 is 22.9 Å². The lowest BCUT2D eigenvalue weighted by atomic mass is 10.1. The third-order valence-corrected chi connectivity index (χ3v) is 9.10. The van der Waals surface area contributed by atoms with E-state index in [0.717, 1.165) is 72.2 Å². The van der Waals surface area contributed by atoms with Crippen molar-refractivity contribution in [3.63, 3.8) is 0 Å². The summed E-state index contributed by atoms with van der Waals surface area (Å²) in [5.41, 5.74) is 5.15. The predicted octanol–water partition coefficient (Wildman–Crippen LogP) is 6.99. The third-order valence-electron chi connectivity index (χ3n) is 8.14. The summed E-state index contributed by atoms with van der Waals surface area (Å²) in [5, 5.41) is 2.77. The van der Waals surface area contributed by atoms with Crippen molar-refractivity contribution in [3.05, 3.63) is 92.7 Å². The molecule has 0 spiro atoms. The average Bonchev–Trinajstić information content (AvgIpc) is 3.52. The Morgan fingerprint density at radius 3 is 1.78 bits per heavy atom. The van der Waals surface area contributed by atoms with Crippen LogP contribution in [-0.2, 0) is 22.3 Å². The van der Waals surface area contributed by atoms with Gasteiger partial charge in [0.1, 0.15) is 41.1 Å². The van der Waals surface area contributed by atoms with Crippen molar-refractivity contribution in [2.45, 2.75) is 91.3 Å². The van der Waals surface area contributed by atoms with Crippen LogP contribution < -0.4 is 9.47 Å². The van der Waals surface area contributed by atoms with E-state index >= 15 is 0 Å². The molecule has 260 valence electrons. The summed E-state index contributed by atoms with van der Waals surface area (Å²) in [6.45, 7) is 10.3. The number of nitrogens with zero attached hydrogens (tertiary/aromatic N) is 4. The highest BCUT2D eigenvalue weighted by Gasteiger charge is 2.18. The number of ketones is 2. The van der Waals surface area contributed by atoms with Crippen LogP contribution in [0, 0.1) is 27.7 Å². The quantitative estimate of drug-likeness (QED) is 0.144. The molecule has 4 aromatic rings. The number of carbonyl (C=O) groups excluding carboxylic acids is 2. The molecule has 0 N–H and O–H groups in total. The smallest absolute Gasteiger partial charge is 0.188 e. The third kappa shape index (κ3) is 11.8. The molecule has 4 aromatic heterocycles. The topological polar surface area (TPSA) is 123 Å². The lowest BCUT2D eigenvalue weighted by Gasteiger charge is -2.22. The van der Waals surface area contributed by atoms with E-state index < -0.39 is 0 Å². The molecule has 11 heteroatoms. The van der Waals surface area contributed by atoms with Crippen molar-refractivity contribution in [2.24, 2.45) is 0 Å². The first kappa shape index (κ1) is 36.2. The fourth-order valence-corrected chi connectivity index (χ4v) is 6.32. The zero-order valence-electron chi connectivity index (χ0n) is 28.9. The second-order valence-corrected chi connectivity index (χ2v) is 13.6. The van der Waals surface area contributed by atoms with Crippen LogP contribution in [0.15, 0.2) is 48.0 Å². The molecule has 0 bridgehead atoms. The molecule has 0 aromatic carbocycles. The molecule has 0 amide bonds. The van der Waals surface area contributed by atoms with E-state index in [4.69, 9.17) is 18.9 Å². The highest BCUT2D eigenvalue weighted by atomic mass is 32.1. The van der Waals surface area contributed by atoms with Crippen LogP contribution in [0.1, 0.15) is 92.8 Å². The van der Waals surface area contributed by atoms with Gasteiger partial charge in [-0.15, -0.1) is 11.3 Å². The molecular formula is C38H46N4O6S. The summed E-state index contributed by atoms with van der Waals surface area (Å²) >= 11 is 1.50. The minimum atomic E-state index is -0.0566. The van der Waals surface area contributed by atoms with Crippen molar-refractivity contribution in [3.8, 4) is 11.5 Å². The summed E-state index contributed by atoms with van der Waals surface area (Å²) < 4.78 is 23.0. The fraction of sp³-hybridized carbons (Fsp3) is 0.474. The summed E-state index contributed by atoms with van der Waals surface area (Å²) in [4.78, 5) is 42.3. The monoisotopic (exact) mass is 686 g/mol. The number of aromatic nitrogens is 4. The molecule has 49 heavy (non-hydrogen) atoms. The van der Waals surface area contributed by atoms with E-state index in [1.807, 2.05) is 57.3 Å². The average molecular weight is 687 g/mol. The van der Waals surface area contributed by atoms with E-state index in [9.17, 15) is 9.59 Å². The van der Waals surface area contributed by atoms with Crippen molar-refractivity contribution in [1.82, 2.24) is 19.9 Å². The Bertz CT molecular complexity index is 1680. The van der Waals surface area contributed by atoms with Gasteiger partial charge in [0.15, 0.2) is 11.6 Å². The van der Waals surface area contributed by atoms with Gasteiger partial charge in [0.2, 0.25) is 0 Å². The Morgan fingerprint density at radius 1 is 0.735 bits per heavy atom. The highest BCUT2D eigenvalue weighted by Crippen LogP contribution is 2.21. The summed E-state index contributed by atoms with van der Waals surface area (Å²) in [6, 6.07) is 11.0. The van der Waals surface area contributed by atoms with Crippen LogP contribution in [0.4, 0.5) is 0 Å². The number of aryl methyl sites for hydroxylation is 4. The lowest BCUT2D eigenvalue weighted by molar-refractivity contribution is -0.0111. The van der Waals surface area contributed by atoms with Gasteiger partial charge in [0, 0.05) is 71.8 Å². The normalized spacial score (nSPS) is 17.5. The molecule has 10 nitrogen and oxygen atoms in total. The first-order valence-corrected chi connectivity index (χ1v) is 17.9. The van der Waals surface area contributed by atoms with Gasteiger partial charge in [-0.05, 0) is 77.8 Å². The van der Waals surface area contributed by atoms with E-state index in [2.05, 4.69) is 19.9 Å². The van der Waals surface area contributed by atoms with Crippen LogP contribution in [0.25, 0.3) is 0 Å². The number of thiazole rings is 1. The van der Waals surface area contributed by atoms with Crippen LogP contribution in [0.5, 0.6) is 11.5 Å². The predicted molar refractivity (Wildman–Crippen MR) is 188 cm³/mol. The SMILES string of the molecule is Cc1cc(OCC2CCCCO2)cc(C(=O)Cc2nc(C)cs2)n1.Cc1ccc(CC(=O)c2cc(OCC3CCCCO3)cc(C)n2)nc1. The number of carbonyl (C=O) groups is 2. The maximum absolute atomic E-state index is 12.5. The van der Waals surface area contributed by atoms with Crippen molar-refractivity contribution in [1.29, 1.82) is 0 Å². The van der Waals surface area contributed by atoms with Gasteiger partial charge in [-0.25, -0.2) is 15.0 Å². The summed E-state index contributed by atoms with van der Waals surface area (Å²) in [5.74, 6) is 1.25. The van der Waals surface area contributed by atoms with Crippen LogP contribution in [0.2, 0.25) is 0 Å². The molecule has 2 aliphatic heterocycles. The zero-order chi connectivity index (χ0) is 34.6. The zero-order valence-corrected chi connectivity index (χ0v) is 29.7. The van der Waals surface area contributed by atoms with Crippen LogP contribution in [0.3, 0.4) is 0 Å². The van der Waals surface area contributed by atoms with Gasteiger partial charge in [0.25, 0.3) is 0 Å². The second-order valence-electron chi connectivity index (χ2n) is 12.7. The van der Waals surface area contributed by atoms with Gasteiger partial charge in [-0.1, -0.05) is 6.07 Å². The molecule has 2 fully saturated rings. The fourth-order valence-electron chi connectivity index (χ4n) is 5.55. The molecule has 0 saturated carbocycles. The Kier molecular flexibility index (Phi) is 13.4. The maximum Gasteiger partial charge on any atom is 0.188 e. The number of hydrogen-bond acceptors (Lipinski definition) is 11. The summed E-state index contributed by atoms with van der Waals surface area (Å²) in [7, 11) is 0. The van der Waals surface area contributed by atoms with Crippen LogP contribution >= 0.6 is 11.3 Å². The van der Waals surface area contributed by atoms with Gasteiger partial charge >= 0.3 is 0 Å². The first-order chi connectivity index (χ1) is 23.7. The van der Waals surface area contributed by atoms with Crippen LogP contribution in [-0.4, -0.2) is 70.1 Å². The van der Waals surface area contributed by atoms with Gasteiger partial charge in [-0.3, -0.25) is 14.6 Å². The molecule has 0 radical (unpaired) electrons. The Hall–Kier alpha value is -4.06. The van der Waals surface area contributed by atoms with E-state index in [0.29, 0.717) is 36.1 Å². The van der Waals surface area contributed by atoms with Gasteiger partial charge in [0.05, 0.1) is 25.0 Å². The number of ether oxygens (including phenoxy) is 4. The maximum atomic E-state index is 12.5. The molecule has 6 heterocycles. The summed E-state index contributed by atoms with van der Waals surface area (Å²) in [6.07, 6.45) is 9.22. The minimum absolute atomic E-state index is 0.0354. The Morgan fingerprint density at radius 2 is 1.31 bits per heavy atom. The van der Waals surface area contributed by atoms with Gasteiger partial charge < -0.3 is 18.9 Å². The standard InChI is InChI=1S/C20H24N2O3.C18H22N2O3S/c1-14-6-7-16(21-12-14)10-20(23)19-11-18(9-15(2)22-19)25-13-17-5-3-4-8-24-17;1-12-7-15(23-10-14-5-3-4-6-22-14)8-16(19-12)17(21)9-18-20-13(2)11-24-18/h6-7,9,11-12,17H,3-5,8,10,13H2,1-2H3;7-8,11,14H,3-6,9-10H2,1-2H3. The number of hydrogen-bond donors (Lipinski definition) is 0. The van der Waals surface area contributed by atoms with E-state index in [1.165, 1.54) is 24.2 Å². The Labute approximate surface area is 292 Å². The molecule has 0 aliphatic carbocycles. The lowest BCUT2D eigenvalue weighted by Crippen LogP contribution is -2.25. The highest BCUT2D eigenvalue weighted by molar-refractivity contribution is 7.09. The number of pyridine rings is 3. The van der Waals surface area contributed by atoms with Gasteiger partial charge in [-0.2, -0.15) is 0 Å². The Balaban J connectivity index is 0.000000191. The molecule has 2 aliphatic rings. The minimum Gasteiger partial charge on any atom is -0.491 e. The molecule has 6 rings (SSSR count). The first-order valence-electron chi connectivity index (χ1n) is 17.1. The van der Waals surface area contributed by atoms with Crippen molar-refractivity contribution in [2.75, 3.05) is 26.4 Å². The molecule has 2 atom stereocenters. The van der Waals surface area contributed by atoms with E-state index in [1.54, 1.807) is 18.3 Å². The molecular weight excluding hydrogens is 641 g/mol. The van der Waals surface area contributed by atoms with Crippen molar-refractivity contribution < 1.29 is 28.5 Å². The largest absolute Gasteiger partial charge is 0.491 e. The molecule has 2 saturated heterocycles. The molecule has 2 unspecified atom stereocenters.